The van der Waals surface area contributed by atoms with Crippen LogP contribution in [0.1, 0.15) is 0 Å². The quantitative estimate of drug-likeness (QED) is 0.155. The number of hydrogen-bond acceptors (Lipinski definition) is 8. The van der Waals surface area contributed by atoms with E-state index in [1.165, 1.54) is 110 Å². The number of aromatic nitrogens is 6. The lowest BCUT2D eigenvalue weighted by atomic mass is 10.00. The Labute approximate surface area is 650 Å². The number of fused-ring (bicyclic) bond motifs is 25. The maximum atomic E-state index is 7.44. The molecule has 0 atom stereocenters. The van der Waals surface area contributed by atoms with Gasteiger partial charge in [0.25, 0.3) is 0 Å². The van der Waals surface area contributed by atoms with Gasteiger partial charge >= 0.3 is 0 Å². The second-order valence-corrected chi connectivity index (χ2v) is 32.3. The van der Waals surface area contributed by atoms with Crippen molar-refractivity contribution in [2.75, 3.05) is 0 Å². The van der Waals surface area contributed by atoms with Gasteiger partial charge in [-0.2, -0.15) is 0 Å². The molecule has 11 heteroatoms. The second-order valence-electron chi connectivity index (χ2n) is 29.0. The topological polar surface area (TPSA) is 78.9 Å². The number of rotatable bonds is 6. The molecule has 0 spiro atoms. The lowest BCUT2D eigenvalue weighted by molar-refractivity contribution is 0.662. The number of thiophene rings is 3. The summed E-state index contributed by atoms with van der Waals surface area (Å²) in [7, 11) is 0. The molecule has 0 aliphatic heterocycles. The van der Waals surface area contributed by atoms with Crippen molar-refractivity contribution in [3.63, 3.8) is 0 Å². The third-order valence-electron chi connectivity index (χ3n) is 22.7. The number of benzene rings is 17. The Morgan fingerprint density at radius 1 is 0.268 bits per heavy atom. The molecule has 0 bridgehead atoms. The predicted octanol–water partition coefficient (Wildman–Crippen LogP) is 29.1. The van der Waals surface area contributed by atoms with Gasteiger partial charge in [0, 0.05) is 99.3 Å². The highest BCUT2D eigenvalue weighted by atomic mass is 32.1. The van der Waals surface area contributed by atoms with Crippen LogP contribution in [0.2, 0.25) is 0 Å². The lowest BCUT2D eigenvalue weighted by Gasteiger charge is -2.12. The minimum Gasteiger partial charge on any atom is -0.450 e. The first-order chi connectivity index (χ1) is 55.4. The zero-order valence-electron chi connectivity index (χ0n) is 59.5. The van der Waals surface area contributed by atoms with E-state index in [1.54, 1.807) is 11.3 Å². The molecule has 25 rings (SSSR count). The average molecular weight is 1480 g/mol. The van der Waals surface area contributed by atoms with Crippen molar-refractivity contribution >= 4 is 220 Å². The van der Waals surface area contributed by atoms with Crippen LogP contribution in [0, 0.1) is 6.57 Å². The fourth-order valence-electron chi connectivity index (χ4n) is 17.4. The fraction of sp³-hybridized carbons (Fsp3) is 0. The molecule has 0 amide bonds. The zero-order chi connectivity index (χ0) is 73.4. The molecule has 0 aliphatic carbocycles. The SMILES string of the molecule is [C-]#[N+]c1ccc(-c2ccc3sc4c(-n5c6cc7ccccc7cc6c6ccc7ccccc7c65)nc(-c5ccc6sc7ccccc7c6c5)nc4c3c2)cc1.c1ccc2cc(-c3ccc4oc5c(-n6c7cc8ccccc8cc7c7ccc8ccccc8c76)nc(-c6ccc7sc8ccccc8c7c6)nc5c4c3)ccc2c1. The van der Waals surface area contributed by atoms with Gasteiger partial charge < -0.3 is 4.42 Å². The monoisotopic (exact) mass is 1480 g/mol. The van der Waals surface area contributed by atoms with Crippen molar-refractivity contribution in [3.05, 3.63) is 345 Å². The van der Waals surface area contributed by atoms with Crippen LogP contribution < -0.4 is 0 Å². The number of hydrogen-bond donors (Lipinski definition) is 0. The summed E-state index contributed by atoms with van der Waals surface area (Å²) in [6.07, 6.45) is 0. The summed E-state index contributed by atoms with van der Waals surface area (Å²) in [6, 6.07) is 119. The standard InChI is InChI=1S/C52H29N3OS.C49H26N4S2/c1-2-11-32-25-35(18-17-30(32)9-1)36-20-23-45-43(27-36)48-50(56-45)52(54-51(53-48)37-21-24-47-42(28-37)39-15-7-8-16-46(39)57-47)55-44-29-34-13-4-3-12-33(34)26-41(44)40-22-19-31-10-5-6-14-38(31)49(40)55;1-50-34-19-14-28(15-20-34)32-17-22-44-40(25-32)45-47(55-44)49(52-48(51-45)33-18-23-43-39(26-33)36-12-6-7-13-42(36)54-43)53-41-27-31-10-3-2-9-30(31)24-38(41)37-21-16-29-8-4-5-11-35(29)46(37)53/h1-29H;2-27H. The molecule has 0 aliphatic rings. The van der Waals surface area contributed by atoms with Crippen molar-refractivity contribution in [2.45, 2.75) is 0 Å². The third-order valence-corrected chi connectivity index (χ3v) is 26.2. The van der Waals surface area contributed by atoms with Crippen molar-refractivity contribution < 1.29 is 4.42 Å². The minimum atomic E-state index is 0.634. The van der Waals surface area contributed by atoms with Gasteiger partial charge in [0.1, 0.15) is 11.1 Å². The molecule has 25 aromatic rings. The Hall–Kier alpha value is -14.3. The summed E-state index contributed by atoms with van der Waals surface area (Å²) in [5, 5.41) is 23.6. The van der Waals surface area contributed by atoms with Crippen LogP contribution in [-0.4, -0.2) is 29.1 Å². The fourth-order valence-corrected chi connectivity index (χ4v) is 20.6. The molecule has 0 saturated heterocycles. The largest absolute Gasteiger partial charge is 0.450 e. The summed E-state index contributed by atoms with van der Waals surface area (Å²) >= 11 is 5.39. The minimum absolute atomic E-state index is 0.634. The van der Waals surface area contributed by atoms with E-state index in [9.17, 15) is 0 Å². The first-order valence-electron chi connectivity index (χ1n) is 37.4. The summed E-state index contributed by atoms with van der Waals surface area (Å²) in [5.74, 6) is 2.96. The maximum Gasteiger partial charge on any atom is 0.197 e. The van der Waals surface area contributed by atoms with Crippen LogP contribution in [0.4, 0.5) is 5.69 Å². The van der Waals surface area contributed by atoms with Gasteiger partial charge in [-0.3, -0.25) is 9.13 Å². The van der Waals surface area contributed by atoms with Gasteiger partial charge in [-0.25, -0.2) is 24.8 Å². The van der Waals surface area contributed by atoms with Gasteiger partial charge in [-0.1, -0.05) is 231 Å². The Morgan fingerprint density at radius 2 is 0.679 bits per heavy atom. The molecular formula is C101H55N7OS3. The van der Waals surface area contributed by atoms with Crippen LogP contribution in [0.25, 0.3) is 242 Å². The summed E-state index contributed by atoms with van der Waals surface area (Å²) < 4.78 is 18.9. The Morgan fingerprint density at radius 3 is 1.27 bits per heavy atom. The number of nitrogens with zero attached hydrogens (tertiary/aromatic N) is 7. The molecule has 518 valence electrons. The molecule has 17 aromatic carbocycles. The van der Waals surface area contributed by atoms with E-state index in [2.05, 4.69) is 323 Å². The highest BCUT2D eigenvalue weighted by Crippen LogP contribution is 2.48. The van der Waals surface area contributed by atoms with E-state index in [1.807, 2.05) is 46.9 Å². The average Bonchev–Trinajstić information content (AvgIpc) is 1.56. The molecule has 0 N–H and O–H groups in total. The van der Waals surface area contributed by atoms with Crippen LogP contribution >= 0.6 is 34.0 Å². The van der Waals surface area contributed by atoms with Crippen molar-refractivity contribution in [1.82, 2.24) is 29.1 Å². The highest BCUT2D eigenvalue weighted by Gasteiger charge is 2.27. The highest BCUT2D eigenvalue weighted by molar-refractivity contribution is 7.26. The van der Waals surface area contributed by atoms with Gasteiger partial charge in [-0.15, -0.1) is 34.0 Å². The van der Waals surface area contributed by atoms with Crippen LogP contribution in [-0.2, 0) is 0 Å². The first kappa shape index (κ1) is 62.8. The van der Waals surface area contributed by atoms with E-state index in [-0.39, 0.29) is 0 Å². The van der Waals surface area contributed by atoms with E-state index in [0.29, 0.717) is 22.9 Å². The van der Waals surface area contributed by atoms with Crippen molar-refractivity contribution in [3.8, 4) is 56.7 Å². The third kappa shape index (κ3) is 9.70. The van der Waals surface area contributed by atoms with Gasteiger partial charge in [0.15, 0.2) is 34.6 Å². The molecule has 8 aromatic heterocycles. The summed E-state index contributed by atoms with van der Waals surface area (Å²) in [5.41, 5.74) is 14.6. The molecule has 0 saturated carbocycles. The molecule has 0 radical (unpaired) electrons. The molecule has 8 nitrogen and oxygen atoms in total. The van der Waals surface area contributed by atoms with Gasteiger partial charge in [0.05, 0.1) is 38.9 Å². The molecule has 8 heterocycles. The molecule has 112 heavy (non-hydrogen) atoms. The maximum absolute atomic E-state index is 7.44. The Kier molecular flexibility index (Phi) is 13.7. The van der Waals surface area contributed by atoms with Crippen LogP contribution in [0.15, 0.2) is 338 Å². The molecule has 0 fully saturated rings. The molecule has 0 unspecified atom stereocenters. The van der Waals surface area contributed by atoms with Gasteiger partial charge in [0.2, 0.25) is 0 Å². The van der Waals surface area contributed by atoms with Gasteiger partial charge in [-0.05, 0) is 168 Å². The van der Waals surface area contributed by atoms with E-state index >= 15 is 0 Å². The van der Waals surface area contributed by atoms with Crippen LogP contribution in [0.5, 0.6) is 0 Å². The van der Waals surface area contributed by atoms with E-state index < -0.39 is 0 Å². The van der Waals surface area contributed by atoms with Crippen molar-refractivity contribution in [2.24, 2.45) is 0 Å². The van der Waals surface area contributed by atoms with E-state index in [0.717, 1.165) is 109 Å². The van der Waals surface area contributed by atoms with E-state index in [4.69, 9.17) is 30.9 Å². The predicted molar refractivity (Wildman–Crippen MR) is 474 cm³/mol. The zero-order valence-corrected chi connectivity index (χ0v) is 62.0. The normalized spacial score (nSPS) is 12.1. The summed E-state index contributed by atoms with van der Waals surface area (Å²) in [4.78, 5) is 25.6. The lowest BCUT2D eigenvalue weighted by Crippen LogP contribution is -2.02. The second kappa shape index (κ2) is 24.4. The van der Waals surface area contributed by atoms with Crippen molar-refractivity contribution in [1.29, 1.82) is 0 Å². The summed E-state index contributed by atoms with van der Waals surface area (Å²) in [6.45, 7) is 7.44. The first-order valence-corrected chi connectivity index (χ1v) is 39.8. The van der Waals surface area contributed by atoms with Crippen LogP contribution in [0.3, 0.4) is 0 Å². The number of furan rings is 1. The Balaban J connectivity index is 0.000000130. The molecular weight excluding hydrogens is 1420 g/mol. The Bertz CT molecular complexity index is 8440. The smallest absolute Gasteiger partial charge is 0.197 e.